The smallest absolute Gasteiger partial charge is 0.260 e. The Labute approximate surface area is 176 Å². The fraction of sp³-hybridized carbons (Fsp3) is 0.238. The van der Waals surface area contributed by atoms with Gasteiger partial charge in [0.05, 0.1) is 23.9 Å². The number of aryl methyl sites for hydroxylation is 1. The lowest BCUT2D eigenvalue weighted by molar-refractivity contribution is -0.117. The Morgan fingerprint density at radius 1 is 1.23 bits per heavy atom. The molecule has 1 aliphatic rings. The number of nitrogens with zero attached hydrogens (tertiary/aromatic N) is 2. The second-order valence-electron chi connectivity index (χ2n) is 6.98. The number of carbonyl (C=O) groups is 3. The Morgan fingerprint density at radius 3 is 2.80 bits per heavy atom. The van der Waals surface area contributed by atoms with Crippen LogP contribution in [0.15, 0.2) is 40.3 Å². The summed E-state index contributed by atoms with van der Waals surface area (Å²) >= 11 is 1.26. The molecule has 0 unspecified atom stereocenters. The molecule has 0 aliphatic carbocycles. The summed E-state index contributed by atoms with van der Waals surface area (Å²) in [5, 5.41) is 7.74. The molecule has 0 bridgehead atoms. The Balaban J connectivity index is 1.36. The van der Waals surface area contributed by atoms with E-state index in [1.807, 2.05) is 12.1 Å². The largest absolute Gasteiger partial charge is 0.469 e. The second-order valence-corrected chi connectivity index (χ2v) is 7.84. The SMILES string of the molecule is CC(=O)N1CCc2cc(NC(=O)Cc3csc(NC(=O)c4ccoc4C)n3)ccc21. The lowest BCUT2D eigenvalue weighted by Gasteiger charge is -2.15. The number of benzene rings is 1. The van der Waals surface area contributed by atoms with Crippen LogP contribution in [0, 0.1) is 6.92 Å². The van der Waals surface area contributed by atoms with Crippen molar-refractivity contribution in [3.8, 4) is 0 Å². The Morgan fingerprint density at radius 2 is 2.07 bits per heavy atom. The van der Waals surface area contributed by atoms with Gasteiger partial charge in [-0.15, -0.1) is 11.3 Å². The zero-order valence-corrected chi connectivity index (χ0v) is 17.3. The van der Waals surface area contributed by atoms with E-state index in [-0.39, 0.29) is 24.1 Å². The first-order valence-electron chi connectivity index (χ1n) is 9.41. The van der Waals surface area contributed by atoms with Crippen molar-refractivity contribution in [3.63, 3.8) is 0 Å². The number of aromatic nitrogens is 1. The van der Waals surface area contributed by atoms with Gasteiger partial charge in [0.2, 0.25) is 11.8 Å². The molecule has 30 heavy (non-hydrogen) atoms. The van der Waals surface area contributed by atoms with Crippen molar-refractivity contribution in [2.45, 2.75) is 26.7 Å². The third kappa shape index (κ3) is 4.11. The molecule has 0 radical (unpaired) electrons. The highest BCUT2D eigenvalue weighted by molar-refractivity contribution is 7.14. The number of rotatable bonds is 5. The van der Waals surface area contributed by atoms with Gasteiger partial charge in [0, 0.05) is 30.2 Å². The van der Waals surface area contributed by atoms with Gasteiger partial charge in [-0.2, -0.15) is 0 Å². The summed E-state index contributed by atoms with van der Waals surface area (Å²) in [6.07, 6.45) is 2.32. The molecule has 2 aromatic heterocycles. The van der Waals surface area contributed by atoms with Crippen LogP contribution >= 0.6 is 11.3 Å². The molecule has 1 aromatic carbocycles. The molecule has 3 heterocycles. The van der Waals surface area contributed by atoms with Crippen LogP contribution in [0.4, 0.5) is 16.5 Å². The highest BCUT2D eigenvalue weighted by Gasteiger charge is 2.22. The van der Waals surface area contributed by atoms with Gasteiger partial charge in [-0.3, -0.25) is 19.7 Å². The average Bonchev–Trinajstić information content (AvgIpc) is 3.41. The molecule has 0 atom stereocenters. The van der Waals surface area contributed by atoms with Crippen LogP contribution in [0.3, 0.4) is 0 Å². The van der Waals surface area contributed by atoms with Crippen LogP contribution in [0.5, 0.6) is 0 Å². The summed E-state index contributed by atoms with van der Waals surface area (Å²) < 4.78 is 5.13. The first-order valence-corrected chi connectivity index (χ1v) is 10.3. The molecule has 0 spiro atoms. The number of anilines is 3. The van der Waals surface area contributed by atoms with Crippen molar-refractivity contribution in [3.05, 3.63) is 58.5 Å². The molecule has 1 aliphatic heterocycles. The summed E-state index contributed by atoms with van der Waals surface area (Å²) in [5.41, 5.74) is 3.64. The van der Waals surface area contributed by atoms with Gasteiger partial charge in [0.25, 0.3) is 5.91 Å². The van der Waals surface area contributed by atoms with Gasteiger partial charge in [0.1, 0.15) is 5.76 Å². The van der Waals surface area contributed by atoms with Gasteiger partial charge >= 0.3 is 0 Å². The fourth-order valence-corrected chi connectivity index (χ4v) is 4.11. The van der Waals surface area contributed by atoms with E-state index in [1.54, 1.807) is 36.3 Å². The van der Waals surface area contributed by atoms with E-state index in [9.17, 15) is 14.4 Å². The number of fused-ring (bicyclic) bond motifs is 1. The molecule has 0 saturated carbocycles. The second kappa shape index (κ2) is 8.11. The summed E-state index contributed by atoms with van der Waals surface area (Å²) in [6.45, 7) is 3.92. The average molecular weight is 424 g/mol. The van der Waals surface area contributed by atoms with Crippen LogP contribution in [-0.2, 0) is 22.4 Å². The van der Waals surface area contributed by atoms with Gasteiger partial charge in [-0.1, -0.05) is 0 Å². The van der Waals surface area contributed by atoms with E-state index in [2.05, 4.69) is 15.6 Å². The number of amides is 3. The number of thiazole rings is 1. The minimum absolute atomic E-state index is 0.0138. The maximum atomic E-state index is 12.4. The van der Waals surface area contributed by atoms with Crippen molar-refractivity contribution in [2.75, 3.05) is 22.1 Å². The third-order valence-corrected chi connectivity index (χ3v) is 5.66. The topological polar surface area (TPSA) is 105 Å². The van der Waals surface area contributed by atoms with Gasteiger partial charge < -0.3 is 14.6 Å². The lowest BCUT2D eigenvalue weighted by atomic mass is 10.1. The number of hydrogen-bond acceptors (Lipinski definition) is 6. The maximum Gasteiger partial charge on any atom is 0.260 e. The van der Waals surface area contributed by atoms with Crippen molar-refractivity contribution in [1.82, 2.24) is 4.98 Å². The summed E-state index contributed by atoms with van der Waals surface area (Å²) in [5.74, 6) is 0.0406. The zero-order chi connectivity index (χ0) is 21.3. The van der Waals surface area contributed by atoms with Crippen LogP contribution in [-0.4, -0.2) is 29.3 Å². The predicted molar refractivity (Wildman–Crippen MR) is 114 cm³/mol. The van der Waals surface area contributed by atoms with Gasteiger partial charge in [-0.25, -0.2) is 4.98 Å². The van der Waals surface area contributed by atoms with Crippen molar-refractivity contribution in [2.24, 2.45) is 0 Å². The molecule has 8 nitrogen and oxygen atoms in total. The molecule has 0 saturated heterocycles. The van der Waals surface area contributed by atoms with Crippen LogP contribution in [0.25, 0.3) is 0 Å². The van der Waals surface area contributed by atoms with Gasteiger partial charge in [-0.05, 0) is 43.2 Å². The standard InChI is InChI=1S/C21H20N4O4S/c1-12-17(6-8-29-12)20(28)24-21-23-16(11-30-21)10-19(27)22-15-3-4-18-14(9-15)5-7-25(18)13(2)26/h3-4,6,8-9,11H,5,7,10H2,1-2H3,(H,22,27)(H,23,24,28). The fourth-order valence-electron chi connectivity index (χ4n) is 3.41. The van der Waals surface area contributed by atoms with E-state index in [4.69, 9.17) is 4.42 Å². The number of nitrogens with one attached hydrogen (secondary N) is 2. The normalized spacial score (nSPS) is 12.5. The van der Waals surface area contributed by atoms with E-state index in [1.165, 1.54) is 17.6 Å². The molecule has 3 aromatic rings. The minimum atomic E-state index is -0.302. The first kappa shape index (κ1) is 19.8. The number of furan rings is 1. The highest BCUT2D eigenvalue weighted by atomic mass is 32.1. The summed E-state index contributed by atoms with van der Waals surface area (Å²) in [6, 6.07) is 7.14. The van der Waals surface area contributed by atoms with E-state index in [0.29, 0.717) is 34.4 Å². The van der Waals surface area contributed by atoms with E-state index >= 15 is 0 Å². The Kier molecular flexibility index (Phi) is 5.37. The van der Waals surface area contributed by atoms with Crippen molar-refractivity contribution in [1.29, 1.82) is 0 Å². The number of hydrogen-bond donors (Lipinski definition) is 2. The number of carbonyl (C=O) groups excluding carboxylic acids is 3. The van der Waals surface area contributed by atoms with Crippen LogP contribution in [0.2, 0.25) is 0 Å². The van der Waals surface area contributed by atoms with Crippen molar-refractivity contribution >= 4 is 45.6 Å². The van der Waals surface area contributed by atoms with Crippen LogP contribution < -0.4 is 15.5 Å². The molecule has 2 N–H and O–H groups in total. The lowest BCUT2D eigenvalue weighted by Crippen LogP contribution is -2.25. The molecule has 9 heteroatoms. The monoisotopic (exact) mass is 424 g/mol. The Hall–Kier alpha value is -3.46. The summed E-state index contributed by atoms with van der Waals surface area (Å²) in [7, 11) is 0. The Bertz CT molecular complexity index is 1130. The van der Waals surface area contributed by atoms with Crippen LogP contribution in [0.1, 0.15) is 34.3 Å². The zero-order valence-electron chi connectivity index (χ0n) is 16.5. The maximum absolute atomic E-state index is 12.4. The van der Waals surface area contributed by atoms with Gasteiger partial charge in [0.15, 0.2) is 5.13 Å². The van der Waals surface area contributed by atoms with E-state index < -0.39 is 0 Å². The summed E-state index contributed by atoms with van der Waals surface area (Å²) in [4.78, 5) is 42.3. The third-order valence-electron chi connectivity index (χ3n) is 4.86. The first-order chi connectivity index (χ1) is 14.4. The molecule has 154 valence electrons. The molecule has 3 amide bonds. The highest BCUT2D eigenvalue weighted by Crippen LogP contribution is 2.30. The van der Waals surface area contributed by atoms with Crippen molar-refractivity contribution < 1.29 is 18.8 Å². The predicted octanol–water partition coefficient (Wildman–Crippen LogP) is 3.39. The minimum Gasteiger partial charge on any atom is -0.469 e. The molecular formula is C21H20N4O4S. The quantitative estimate of drug-likeness (QED) is 0.653. The van der Waals surface area contributed by atoms with E-state index in [0.717, 1.165) is 17.7 Å². The molecular weight excluding hydrogens is 404 g/mol. The molecule has 0 fully saturated rings. The molecule has 4 rings (SSSR count).